The maximum Gasteiger partial charge on any atom is 0.150 e. The summed E-state index contributed by atoms with van der Waals surface area (Å²) in [4.78, 5) is 0. The summed E-state index contributed by atoms with van der Waals surface area (Å²) in [6.07, 6.45) is 4.61. The van der Waals surface area contributed by atoms with Gasteiger partial charge >= 0.3 is 0 Å². The monoisotopic (exact) mass is 441 g/mol. The first-order valence-corrected chi connectivity index (χ1v) is 11.9. The van der Waals surface area contributed by atoms with E-state index in [1.165, 1.54) is 19.3 Å². The highest BCUT2D eigenvalue weighted by molar-refractivity contribution is 5.95. The highest BCUT2D eigenvalue weighted by Gasteiger charge is 2.29. The first-order chi connectivity index (χ1) is 16.2. The molecule has 2 atom stereocenters. The molecular weight excluding hydrogens is 410 g/mol. The molecule has 0 bridgehead atoms. The first-order valence-electron chi connectivity index (χ1n) is 11.9. The third-order valence-corrected chi connectivity index (χ3v) is 6.69. The molecule has 3 aromatic carbocycles. The summed E-state index contributed by atoms with van der Waals surface area (Å²) in [5, 5.41) is 13.7. The van der Waals surface area contributed by atoms with Gasteiger partial charge in [-0.1, -0.05) is 48.9 Å². The van der Waals surface area contributed by atoms with E-state index < -0.39 is 0 Å². The van der Waals surface area contributed by atoms with Crippen LogP contribution in [0, 0.1) is 0 Å². The molecule has 4 heteroatoms. The lowest BCUT2D eigenvalue weighted by atomic mass is 9.86. The van der Waals surface area contributed by atoms with E-state index in [2.05, 4.69) is 30.4 Å². The van der Waals surface area contributed by atoms with Crippen LogP contribution in [0.5, 0.6) is 17.2 Å². The second kappa shape index (κ2) is 9.72. The van der Waals surface area contributed by atoms with E-state index in [-0.39, 0.29) is 11.9 Å². The normalized spacial score (nSPS) is 20.2. The second-order valence-electron chi connectivity index (χ2n) is 8.94. The molecular formula is C29H31NO3. The maximum absolute atomic E-state index is 10.1. The van der Waals surface area contributed by atoms with Crippen LogP contribution in [0.1, 0.15) is 55.4 Å². The Morgan fingerprint density at radius 1 is 1.00 bits per heavy atom. The summed E-state index contributed by atoms with van der Waals surface area (Å²) in [5.41, 5.74) is 5.34. The van der Waals surface area contributed by atoms with Crippen molar-refractivity contribution in [1.29, 1.82) is 0 Å². The maximum atomic E-state index is 10.1. The number of phenols is 1. The molecule has 5 rings (SSSR count). The Labute approximate surface area is 195 Å². The molecule has 1 fully saturated rings. The molecule has 0 amide bonds. The summed E-state index contributed by atoms with van der Waals surface area (Å²) in [6.45, 7) is 3.97. The molecule has 0 aromatic heterocycles. The Balaban J connectivity index is 1.38. The van der Waals surface area contributed by atoms with Gasteiger partial charge in [-0.25, -0.2) is 0 Å². The fourth-order valence-electron chi connectivity index (χ4n) is 4.91. The van der Waals surface area contributed by atoms with Gasteiger partial charge in [-0.3, -0.25) is 0 Å². The summed E-state index contributed by atoms with van der Waals surface area (Å²) >= 11 is 0. The number of hydrogen-bond acceptors (Lipinski definition) is 4. The second-order valence-corrected chi connectivity index (χ2v) is 8.94. The summed E-state index contributed by atoms with van der Waals surface area (Å²) < 4.78 is 12.5. The molecule has 0 spiro atoms. The summed E-state index contributed by atoms with van der Waals surface area (Å²) in [7, 11) is 0. The van der Waals surface area contributed by atoms with Crippen molar-refractivity contribution in [1.82, 2.24) is 5.32 Å². The molecule has 1 saturated heterocycles. The zero-order valence-corrected chi connectivity index (χ0v) is 19.1. The van der Waals surface area contributed by atoms with Crippen LogP contribution in [-0.4, -0.2) is 24.3 Å². The number of allylic oxidation sites excluding steroid dienone is 1. The molecule has 4 nitrogen and oxygen atoms in total. The van der Waals surface area contributed by atoms with Crippen LogP contribution < -0.4 is 14.8 Å². The molecule has 2 unspecified atom stereocenters. The van der Waals surface area contributed by atoms with Gasteiger partial charge in [0.25, 0.3) is 0 Å². The molecule has 0 radical (unpaired) electrons. The van der Waals surface area contributed by atoms with Gasteiger partial charge in [0.05, 0.1) is 6.61 Å². The van der Waals surface area contributed by atoms with Gasteiger partial charge in [-0.2, -0.15) is 0 Å². The Kier molecular flexibility index (Phi) is 6.36. The molecule has 0 aliphatic carbocycles. The standard InChI is InChI=1S/C29H31NO3/c1-20-26-10-2-3-11-27(26)33-29(28(20)22-7-6-9-24(31)19-22)21-12-14-25(15-13-21)32-18-16-23-8-4-5-17-30-23/h2-3,6-7,9-15,19,23,29-31H,4-5,8,16-18H2,1H3. The summed E-state index contributed by atoms with van der Waals surface area (Å²) in [6, 6.07) is 24.3. The number of aromatic hydroxyl groups is 1. The number of ether oxygens (including phenoxy) is 2. The molecule has 3 aromatic rings. The first kappa shape index (κ1) is 21.6. The minimum Gasteiger partial charge on any atom is -0.508 e. The number of nitrogens with one attached hydrogen (secondary N) is 1. The van der Waals surface area contributed by atoms with Gasteiger partial charge in [0.15, 0.2) is 0 Å². The van der Waals surface area contributed by atoms with E-state index in [9.17, 15) is 5.11 Å². The van der Waals surface area contributed by atoms with Crippen molar-refractivity contribution in [2.75, 3.05) is 13.2 Å². The number of piperidine rings is 1. The SMILES string of the molecule is CC1=C(c2cccc(O)c2)C(c2ccc(OCCC3CCCCN3)cc2)Oc2ccccc21. The van der Waals surface area contributed by atoms with Crippen LogP contribution in [0.25, 0.3) is 11.1 Å². The quantitative estimate of drug-likeness (QED) is 0.467. The Hall–Kier alpha value is -3.24. The average Bonchev–Trinajstić information content (AvgIpc) is 2.85. The lowest BCUT2D eigenvalue weighted by Gasteiger charge is -2.31. The van der Waals surface area contributed by atoms with Crippen molar-refractivity contribution in [3.63, 3.8) is 0 Å². The molecule has 2 aliphatic heterocycles. The van der Waals surface area contributed by atoms with E-state index >= 15 is 0 Å². The van der Waals surface area contributed by atoms with Crippen molar-refractivity contribution in [2.24, 2.45) is 0 Å². The van der Waals surface area contributed by atoms with Crippen LogP contribution in [-0.2, 0) is 0 Å². The van der Waals surface area contributed by atoms with E-state index in [1.807, 2.05) is 42.5 Å². The fraction of sp³-hybridized carbons (Fsp3) is 0.310. The molecule has 33 heavy (non-hydrogen) atoms. The fourth-order valence-corrected chi connectivity index (χ4v) is 4.91. The number of phenolic OH excluding ortho intramolecular Hbond substituents is 1. The zero-order valence-electron chi connectivity index (χ0n) is 19.1. The van der Waals surface area contributed by atoms with E-state index in [1.54, 1.807) is 12.1 Å². The van der Waals surface area contributed by atoms with Gasteiger partial charge in [0.1, 0.15) is 23.4 Å². The van der Waals surface area contributed by atoms with Gasteiger partial charge < -0.3 is 19.9 Å². The third kappa shape index (κ3) is 4.76. The van der Waals surface area contributed by atoms with E-state index in [0.29, 0.717) is 6.04 Å². The lowest BCUT2D eigenvalue weighted by molar-refractivity contribution is 0.258. The van der Waals surface area contributed by atoms with Crippen LogP contribution in [0.2, 0.25) is 0 Å². The highest BCUT2D eigenvalue weighted by Crippen LogP contribution is 2.46. The Bertz CT molecular complexity index is 1130. The summed E-state index contributed by atoms with van der Waals surface area (Å²) in [5.74, 6) is 2.01. The lowest BCUT2D eigenvalue weighted by Crippen LogP contribution is -2.35. The van der Waals surface area contributed by atoms with Crippen molar-refractivity contribution >= 4 is 11.1 Å². The zero-order chi connectivity index (χ0) is 22.6. The third-order valence-electron chi connectivity index (χ3n) is 6.69. The molecule has 0 saturated carbocycles. The van der Waals surface area contributed by atoms with Gasteiger partial charge in [-0.05, 0) is 79.8 Å². The van der Waals surface area contributed by atoms with E-state index in [4.69, 9.17) is 9.47 Å². The van der Waals surface area contributed by atoms with Crippen LogP contribution in [0.3, 0.4) is 0 Å². The van der Waals surface area contributed by atoms with Crippen molar-refractivity contribution in [2.45, 2.75) is 44.8 Å². The predicted octanol–water partition coefficient (Wildman–Crippen LogP) is 6.37. The Morgan fingerprint density at radius 3 is 2.64 bits per heavy atom. The average molecular weight is 442 g/mol. The van der Waals surface area contributed by atoms with Crippen molar-refractivity contribution in [3.05, 3.63) is 89.5 Å². The molecule has 2 N–H and O–H groups in total. The smallest absolute Gasteiger partial charge is 0.150 e. The number of para-hydroxylation sites is 1. The van der Waals surface area contributed by atoms with Crippen LogP contribution in [0.4, 0.5) is 0 Å². The Morgan fingerprint density at radius 2 is 1.85 bits per heavy atom. The number of rotatable bonds is 6. The minimum absolute atomic E-state index is 0.251. The van der Waals surface area contributed by atoms with Gasteiger partial charge in [0.2, 0.25) is 0 Å². The van der Waals surface area contributed by atoms with Crippen molar-refractivity contribution < 1.29 is 14.6 Å². The number of fused-ring (bicyclic) bond motifs is 1. The van der Waals surface area contributed by atoms with Gasteiger partial charge in [0, 0.05) is 17.2 Å². The predicted molar refractivity (Wildman–Crippen MR) is 133 cm³/mol. The molecule has 2 aliphatic rings. The largest absolute Gasteiger partial charge is 0.508 e. The minimum atomic E-state index is -0.262. The molecule has 2 heterocycles. The van der Waals surface area contributed by atoms with Crippen LogP contribution in [0.15, 0.2) is 72.8 Å². The van der Waals surface area contributed by atoms with Crippen LogP contribution >= 0.6 is 0 Å². The highest BCUT2D eigenvalue weighted by atomic mass is 16.5. The van der Waals surface area contributed by atoms with Gasteiger partial charge in [-0.15, -0.1) is 0 Å². The topological polar surface area (TPSA) is 50.7 Å². The number of hydrogen-bond donors (Lipinski definition) is 2. The van der Waals surface area contributed by atoms with E-state index in [0.717, 1.165) is 58.9 Å². The van der Waals surface area contributed by atoms with Crippen molar-refractivity contribution in [3.8, 4) is 17.2 Å². The molecule has 170 valence electrons. The number of benzene rings is 3.